The topological polar surface area (TPSA) is 118 Å². The average Bonchev–Trinajstić information content (AvgIpc) is 3.79. The van der Waals surface area contributed by atoms with Crippen LogP contribution in [-0.2, 0) is 0 Å². The number of halogens is 2. The van der Waals surface area contributed by atoms with Crippen LogP contribution in [0, 0.1) is 11.6 Å². The first-order valence-electron chi connectivity index (χ1n) is 17.8. The van der Waals surface area contributed by atoms with Crippen LogP contribution >= 0.6 is 11.3 Å². The molecule has 0 bridgehead atoms. The number of aromatic nitrogens is 6. The molecule has 2 saturated heterocycles. The molecule has 1 aliphatic carbocycles. The van der Waals surface area contributed by atoms with E-state index in [0.29, 0.717) is 70.9 Å². The van der Waals surface area contributed by atoms with Gasteiger partial charge in [-0.2, -0.15) is 9.61 Å². The lowest BCUT2D eigenvalue weighted by Crippen LogP contribution is -2.45. The van der Waals surface area contributed by atoms with Crippen LogP contribution in [0.3, 0.4) is 0 Å². The highest BCUT2D eigenvalue weighted by Gasteiger charge is 2.32. The second kappa shape index (κ2) is 11.8. The number of fused-ring (bicyclic) bond motifs is 2. The number of nitrogens with zero attached hydrogens (tertiary/aromatic N) is 9. The predicted octanol–water partition coefficient (Wildman–Crippen LogP) is 3.88. The summed E-state index contributed by atoms with van der Waals surface area (Å²) in [5, 5.41) is 17.6. The van der Waals surface area contributed by atoms with Crippen LogP contribution in [0.2, 0.25) is 0 Å². The van der Waals surface area contributed by atoms with Gasteiger partial charge in [0.1, 0.15) is 18.1 Å². The molecule has 3 fully saturated rings. The fourth-order valence-corrected chi connectivity index (χ4v) is 8.75. The fraction of sp³-hybridized carbons (Fsp3) is 0.417. The second-order valence-corrected chi connectivity index (χ2v) is 15.3. The van der Waals surface area contributed by atoms with Gasteiger partial charge in [0.05, 0.1) is 39.3 Å². The number of benzene rings is 2. The molecule has 1 N–H and O–H groups in total. The molecule has 1 saturated carbocycles. The van der Waals surface area contributed by atoms with Crippen molar-refractivity contribution in [3.8, 4) is 27.7 Å². The Hall–Kier alpha value is -4.93. The minimum Gasteiger partial charge on any atom is -0.487 e. The monoisotopic (exact) mass is 726 g/mol. The van der Waals surface area contributed by atoms with Crippen LogP contribution in [0.4, 0.5) is 20.2 Å². The van der Waals surface area contributed by atoms with Crippen LogP contribution < -0.4 is 30.7 Å². The Labute approximate surface area is 299 Å². The van der Waals surface area contributed by atoms with Crippen molar-refractivity contribution in [3.05, 3.63) is 62.7 Å². The third-order valence-corrected chi connectivity index (χ3v) is 11.9. The van der Waals surface area contributed by atoms with Gasteiger partial charge in [0, 0.05) is 76.2 Å². The summed E-state index contributed by atoms with van der Waals surface area (Å²) in [6, 6.07) is 4.52. The van der Waals surface area contributed by atoms with Crippen LogP contribution in [0.25, 0.3) is 48.7 Å². The quantitative estimate of drug-likeness (QED) is 0.281. The highest BCUT2D eigenvalue weighted by atomic mass is 32.1. The molecule has 2 aromatic carbocycles. The summed E-state index contributed by atoms with van der Waals surface area (Å²) in [6.45, 7) is 8.09. The van der Waals surface area contributed by atoms with Crippen molar-refractivity contribution >= 4 is 49.5 Å². The van der Waals surface area contributed by atoms with Gasteiger partial charge in [0.2, 0.25) is 10.4 Å². The number of likely N-dealkylation sites (N-methyl/N-ethyl adjacent to an activating group) is 1. The molecular formula is C36H36F2N10O3S. The molecule has 16 heteroatoms. The Balaban J connectivity index is 1.10. The van der Waals surface area contributed by atoms with Gasteiger partial charge < -0.3 is 33.9 Å². The first kappa shape index (κ1) is 31.8. The number of ether oxygens (including phenoxy) is 1. The number of hydrogen-bond acceptors (Lipinski definition) is 11. The molecule has 1 unspecified atom stereocenters. The van der Waals surface area contributed by atoms with E-state index in [0.717, 1.165) is 50.4 Å². The zero-order valence-corrected chi connectivity index (χ0v) is 29.5. The van der Waals surface area contributed by atoms with Crippen molar-refractivity contribution in [2.24, 2.45) is 0 Å². The van der Waals surface area contributed by atoms with Crippen molar-refractivity contribution in [1.82, 2.24) is 39.2 Å². The van der Waals surface area contributed by atoms with E-state index < -0.39 is 11.6 Å². The van der Waals surface area contributed by atoms with Gasteiger partial charge in [0.25, 0.3) is 0 Å². The van der Waals surface area contributed by atoms with E-state index in [2.05, 4.69) is 25.0 Å². The van der Waals surface area contributed by atoms with Crippen LogP contribution in [0.5, 0.6) is 5.75 Å². The molecule has 10 rings (SSSR count). The summed E-state index contributed by atoms with van der Waals surface area (Å²) < 4.78 is 43.3. The van der Waals surface area contributed by atoms with Gasteiger partial charge in [-0.3, -0.25) is 9.59 Å². The van der Waals surface area contributed by atoms with E-state index in [1.54, 1.807) is 18.5 Å². The van der Waals surface area contributed by atoms with Gasteiger partial charge in [0.15, 0.2) is 27.8 Å². The highest BCUT2D eigenvalue weighted by molar-refractivity contribution is 7.19. The Bertz CT molecular complexity index is 2560. The summed E-state index contributed by atoms with van der Waals surface area (Å²) in [7, 11) is 2.04. The molecule has 52 heavy (non-hydrogen) atoms. The highest BCUT2D eigenvalue weighted by Crippen LogP contribution is 2.43. The maximum atomic E-state index is 16.0. The smallest absolute Gasteiger partial charge is 0.235 e. The molecule has 0 radical (unpaired) electrons. The van der Waals surface area contributed by atoms with Crippen LogP contribution in [-0.4, -0.2) is 99.9 Å². The van der Waals surface area contributed by atoms with Gasteiger partial charge in [-0.1, -0.05) is 11.3 Å². The molecule has 6 aromatic rings. The van der Waals surface area contributed by atoms with Crippen molar-refractivity contribution in [3.63, 3.8) is 0 Å². The molecule has 3 aliphatic heterocycles. The van der Waals surface area contributed by atoms with Gasteiger partial charge >= 0.3 is 0 Å². The molecule has 4 aromatic heterocycles. The van der Waals surface area contributed by atoms with Crippen molar-refractivity contribution in [1.29, 1.82) is 0 Å². The fourth-order valence-electron chi connectivity index (χ4n) is 7.90. The molecule has 4 aliphatic rings. The predicted molar refractivity (Wildman–Crippen MR) is 196 cm³/mol. The maximum absolute atomic E-state index is 16.0. The van der Waals surface area contributed by atoms with E-state index in [4.69, 9.17) is 9.84 Å². The molecule has 0 amide bonds. The van der Waals surface area contributed by atoms with E-state index in [9.17, 15) is 9.59 Å². The molecule has 1 atom stereocenters. The maximum Gasteiger partial charge on any atom is 0.235 e. The summed E-state index contributed by atoms with van der Waals surface area (Å²) >= 11 is 1.16. The molecule has 13 nitrogen and oxygen atoms in total. The minimum atomic E-state index is -0.498. The Morgan fingerprint density at radius 3 is 2.37 bits per heavy atom. The number of rotatable bonds is 5. The van der Waals surface area contributed by atoms with Crippen molar-refractivity contribution in [2.75, 3.05) is 75.8 Å². The van der Waals surface area contributed by atoms with Crippen LogP contribution in [0.15, 0.2) is 40.2 Å². The summed E-state index contributed by atoms with van der Waals surface area (Å²) in [4.78, 5) is 34.9. The van der Waals surface area contributed by atoms with Crippen LogP contribution in [0.1, 0.15) is 31.8 Å². The van der Waals surface area contributed by atoms with Gasteiger partial charge in [-0.15, -0.1) is 10.2 Å². The molecule has 268 valence electrons. The number of hydrogen-bond donors (Lipinski definition) is 1. The zero-order valence-electron chi connectivity index (χ0n) is 28.7. The van der Waals surface area contributed by atoms with E-state index in [1.165, 1.54) is 16.6 Å². The van der Waals surface area contributed by atoms with E-state index in [1.807, 2.05) is 28.3 Å². The van der Waals surface area contributed by atoms with Gasteiger partial charge in [-0.25, -0.2) is 8.78 Å². The first-order chi connectivity index (χ1) is 25.2. The Morgan fingerprint density at radius 2 is 1.60 bits per heavy atom. The number of anilines is 2. The Morgan fingerprint density at radius 1 is 0.865 bits per heavy atom. The molecule has 0 spiro atoms. The number of piperazine rings is 2. The van der Waals surface area contributed by atoms with E-state index >= 15 is 8.78 Å². The lowest BCUT2D eigenvalue weighted by molar-refractivity contribution is 0.245. The standard InChI is InChI=1S/C36H36F2N10O3S/c1-19-18-51-33-29-22(14-26(38)30(33)45-11-9-43(2)10-12-45)32(50)24(17-46(19)29)35-42-48-34(40-41-36(48)52-35)23-16-47(20-3-4-20)27-15-28(44-7-5-39-6-8-44)25(37)13-21(27)31(23)49/h13-17,19-20,39H,3-12,18H2,1-2H3. The lowest BCUT2D eigenvalue weighted by Gasteiger charge is -2.37. The lowest BCUT2D eigenvalue weighted by atomic mass is 10.1. The third-order valence-electron chi connectivity index (χ3n) is 10.9. The molecular weight excluding hydrogens is 691 g/mol. The Kier molecular flexibility index (Phi) is 7.21. The summed E-state index contributed by atoms with van der Waals surface area (Å²) in [5.74, 6) is -0.340. The largest absolute Gasteiger partial charge is 0.487 e. The molecule has 7 heterocycles. The number of nitrogens with one attached hydrogen (secondary N) is 1. The van der Waals surface area contributed by atoms with Crippen molar-refractivity contribution in [2.45, 2.75) is 31.8 Å². The van der Waals surface area contributed by atoms with Gasteiger partial charge in [-0.05, 0) is 45.0 Å². The summed E-state index contributed by atoms with van der Waals surface area (Å²) in [5.41, 5.74) is 1.93. The summed E-state index contributed by atoms with van der Waals surface area (Å²) in [6.07, 6.45) is 5.46. The van der Waals surface area contributed by atoms with Crippen molar-refractivity contribution < 1.29 is 13.5 Å². The van der Waals surface area contributed by atoms with E-state index in [-0.39, 0.29) is 50.7 Å². The zero-order chi connectivity index (χ0) is 35.4. The third kappa shape index (κ3) is 4.87. The normalized spacial score (nSPS) is 19.7. The SMILES string of the molecule is CC1COc2c(N3CCN(C)CC3)c(F)cc3c(=O)c(-c4nn5c(-c6cn(C7CC7)c7cc(N8CCNCC8)c(F)cc7c6=O)nnc5s4)cn1c23. The second-order valence-electron chi connectivity index (χ2n) is 14.4. The number of pyridine rings is 2. The first-order valence-corrected chi connectivity index (χ1v) is 18.6. The average molecular weight is 727 g/mol. The minimum absolute atomic E-state index is 0.132.